The monoisotopic (exact) mass is 398 g/mol. The van der Waals surface area contributed by atoms with Crippen LogP contribution in [0.4, 0.5) is 5.82 Å². The highest BCUT2D eigenvalue weighted by Crippen LogP contribution is 2.23. The summed E-state index contributed by atoms with van der Waals surface area (Å²) in [6.45, 7) is 8.08. The van der Waals surface area contributed by atoms with Gasteiger partial charge in [-0.2, -0.15) is 5.10 Å². The lowest BCUT2D eigenvalue weighted by molar-refractivity contribution is 0.0951. The fourth-order valence-electron chi connectivity index (χ4n) is 2.82. The molecule has 0 fully saturated rings. The number of hydrogen-bond donors (Lipinski definition) is 2. The Kier molecular flexibility index (Phi) is 6.51. The van der Waals surface area contributed by atoms with Crippen LogP contribution >= 0.6 is 11.8 Å². The zero-order valence-corrected chi connectivity index (χ0v) is 17.5. The summed E-state index contributed by atoms with van der Waals surface area (Å²) in [5, 5.41) is 12.4. The predicted octanol–water partition coefficient (Wildman–Crippen LogP) is 3.35. The number of carbonyl (C=O) groups excluding carboxylic acids is 1. The number of amides is 1. The van der Waals surface area contributed by atoms with E-state index >= 15 is 0 Å². The maximum Gasteiger partial charge on any atom is 0.251 e. The number of hydrogen-bond acceptors (Lipinski definition) is 6. The molecule has 0 radical (unpaired) electrons. The van der Waals surface area contributed by atoms with Gasteiger partial charge in [-0.1, -0.05) is 43.8 Å². The van der Waals surface area contributed by atoms with Crippen LogP contribution in [-0.4, -0.2) is 45.0 Å². The Bertz CT molecular complexity index is 968. The minimum absolute atomic E-state index is 0.0757. The SMILES string of the molecule is CSc1nc(NCC(C)C)c2cnn(CCNC(=O)c3ccccc3C)c2n1. The first-order valence-corrected chi connectivity index (χ1v) is 10.6. The molecule has 2 N–H and O–H groups in total. The van der Waals surface area contributed by atoms with Gasteiger partial charge in [-0.25, -0.2) is 14.6 Å². The van der Waals surface area contributed by atoms with Crippen LogP contribution in [0.15, 0.2) is 35.6 Å². The smallest absolute Gasteiger partial charge is 0.251 e. The van der Waals surface area contributed by atoms with E-state index in [4.69, 9.17) is 0 Å². The standard InChI is InChI=1S/C20H26N6OS/c1-13(2)11-22-17-16-12-23-26(18(16)25-20(24-17)28-4)10-9-21-19(27)15-8-6-5-7-14(15)3/h5-8,12-13H,9-11H2,1-4H3,(H,21,27)(H,22,24,25). The molecule has 0 saturated carbocycles. The van der Waals surface area contributed by atoms with Crippen LogP contribution in [0, 0.1) is 12.8 Å². The van der Waals surface area contributed by atoms with E-state index < -0.39 is 0 Å². The molecule has 1 amide bonds. The molecule has 0 saturated heterocycles. The normalized spacial score (nSPS) is 11.2. The second-order valence-corrected chi connectivity index (χ2v) is 7.78. The van der Waals surface area contributed by atoms with Crippen LogP contribution in [0.5, 0.6) is 0 Å². The third-order valence-corrected chi connectivity index (χ3v) is 4.88. The van der Waals surface area contributed by atoms with E-state index in [1.807, 2.05) is 42.1 Å². The lowest BCUT2D eigenvalue weighted by atomic mass is 10.1. The zero-order valence-electron chi connectivity index (χ0n) is 16.7. The summed E-state index contributed by atoms with van der Waals surface area (Å²) < 4.78 is 1.81. The molecule has 0 aliphatic carbocycles. The molecule has 8 heteroatoms. The van der Waals surface area contributed by atoms with Crippen molar-refractivity contribution in [3.8, 4) is 0 Å². The van der Waals surface area contributed by atoms with Gasteiger partial charge in [0.2, 0.25) is 0 Å². The van der Waals surface area contributed by atoms with Crippen molar-refractivity contribution in [3.63, 3.8) is 0 Å². The Morgan fingerprint density at radius 2 is 2.04 bits per heavy atom. The van der Waals surface area contributed by atoms with Crippen molar-refractivity contribution in [2.24, 2.45) is 5.92 Å². The number of fused-ring (bicyclic) bond motifs is 1. The third kappa shape index (κ3) is 4.62. The highest BCUT2D eigenvalue weighted by atomic mass is 32.2. The molecule has 2 heterocycles. The Morgan fingerprint density at radius 3 is 2.75 bits per heavy atom. The van der Waals surface area contributed by atoms with Gasteiger partial charge >= 0.3 is 0 Å². The van der Waals surface area contributed by atoms with Gasteiger partial charge < -0.3 is 10.6 Å². The fraction of sp³-hybridized carbons (Fsp3) is 0.400. The molecule has 0 bridgehead atoms. The maximum absolute atomic E-state index is 12.4. The Labute approximate surface area is 169 Å². The zero-order chi connectivity index (χ0) is 20.1. The summed E-state index contributed by atoms with van der Waals surface area (Å²) >= 11 is 1.50. The molecule has 0 unspecified atom stereocenters. The number of benzene rings is 1. The average molecular weight is 399 g/mol. The second-order valence-electron chi connectivity index (χ2n) is 7.01. The van der Waals surface area contributed by atoms with Crippen molar-refractivity contribution >= 4 is 34.5 Å². The van der Waals surface area contributed by atoms with Gasteiger partial charge in [0.1, 0.15) is 5.82 Å². The molecule has 7 nitrogen and oxygen atoms in total. The number of nitrogens with one attached hydrogen (secondary N) is 2. The van der Waals surface area contributed by atoms with Crippen LogP contribution in [0.3, 0.4) is 0 Å². The Hall–Kier alpha value is -2.61. The average Bonchev–Trinajstić information content (AvgIpc) is 3.09. The van der Waals surface area contributed by atoms with Gasteiger partial charge in [0, 0.05) is 18.7 Å². The lowest BCUT2D eigenvalue weighted by Crippen LogP contribution is -2.28. The lowest BCUT2D eigenvalue weighted by Gasteiger charge is -2.11. The predicted molar refractivity (Wildman–Crippen MR) is 114 cm³/mol. The fourth-order valence-corrected chi connectivity index (χ4v) is 3.18. The molecule has 28 heavy (non-hydrogen) atoms. The number of carbonyl (C=O) groups is 1. The minimum atomic E-state index is -0.0757. The van der Waals surface area contributed by atoms with E-state index in [0.717, 1.165) is 29.0 Å². The molecule has 1 aromatic carbocycles. The van der Waals surface area contributed by atoms with Crippen molar-refractivity contribution < 1.29 is 4.79 Å². The van der Waals surface area contributed by atoms with E-state index in [-0.39, 0.29) is 5.91 Å². The minimum Gasteiger partial charge on any atom is -0.369 e. The topological polar surface area (TPSA) is 84.7 Å². The first-order valence-electron chi connectivity index (χ1n) is 9.35. The number of aromatic nitrogens is 4. The van der Waals surface area contributed by atoms with Crippen LogP contribution in [0.25, 0.3) is 11.0 Å². The van der Waals surface area contributed by atoms with Crippen LogP contribution in [0.1, 0.15) is 29.8 Å². The molecule has 0 spiro atoms. The molecule has 0 aliphatic heterocycles. The van der Waals surface area contributed by atoms with Crippen molar-refractivity contribution in [1.29, 1.82) is 0 Å². The van der Waals surface area contributed by atoms with Crippen molar-refractivity contribution in [3.05, 3.63) is 41.6 Å². The quantitative estimate of drug-likeness (QED) is 0.447. The number of rotatable bonds is 8. The molecule has 3 rings (SSSR count). The van der Waals surface area contributed by atoms with E-state index in [1.54, 1.807) is 6.20 Å². The van der Waals surface area contributed by atoms with E-state index in [0.29, 0.717) is 29.7 Å². The summed E-state index contributed by atoms with van der Waals surface area (Å²) in [5.74, 6) is 1.24. The highest BCUT2D eigenvalue weighted by Gasteiger charge is 2.14. The summed E-state index contributed by atoms with van der Waals surface area (Å²) in [6, 6.07) is 7.56. The van der Waals surface area contributed by atoms with Gasteiger partial charge in [-0.3, -0.25) is 4.79 Å². The summed E-state index contributed by atoms with van der Waals surface area (Å²) in [6.07, 6.45) is 3.74. The third-order valence-electron chi connectivity index (χ3n) is 4.33. The van der Waals surface area contributed by atoms with E-state index in [9.17, 15) is 4.79 Å². The molecule has 3 aromatic rings. The van der Waals surface area contributed by atoms with Gasteiger partial charge in [-0.15, -0.1) is 0 Å². The van der Waals surface area contributed by atoms with E-state index in [2.05, 4.69) is 39.5 Å². The van der Waals surface area contributed by atoms with Gasteiger partial charge in [0.05, 0.1) is 18.1 Å². The van der Waals surface area contributed by atoms with Crippen molar-refractivity contribution in [2.45, 2.75) is 32.5 Å². The number of thioether (sulfide) groups is 1. The number of anilines is 1. The summed E-state index contributed by atoms with van der Waals surface area (Å²) in [7, 11) is 0. The summed E-state index contributed by atoms with van der Waals surface area (Å²) in [4.78, 5) is 21.6. The van der Waals surface area contributed by atoms with Crippen LogP contribution in [0.2, 0.25) is 0 Å². The van der Waals surface area contributed by atoms with Crippen molar-refractivity contribution in [2.75, 3.05) is 24.7 Å². The van der Waals surface area contributed by atoms with Crippen LogP contribution < -0.4 is 10.6 Å². The first-order chi connectivity index (χ1) is 13.5. The number of aryl methyl sites for hydroxylation is 1. The molecule has 0 atom stereocenters. The highest BCUT2D eigenvalue weighted by molar-refractivity contribution is 7.98. The molecule has 148 valence electrons. The molecular weight excluding hydrogens is 372 g/mol. The maximum atomic E-state index is 12.4. The van der Waals surface area contributed by atoms with Gasteiger partial charge in [-0.05, 0) is 30.7 Å². The molecule has 2 aromatic heterocycles. The van der Waals surface area contributed by atoms with Gasteiger partial charge in [0.25, 0.3) is 5.91 Å². The largest absolute Gasteiger partial charge is 0.369 e. The summed E-state index contributed by atoms with van der Waals surface area (Å²) in [5.41, 5.74) is 2.43. The Morgan fingerprint density at radius 1 is 1.25 bits per heavy atom. The Balaban J connectivity index is 1.73. The van der Waals surface area contributed by atoms with Crippen molar-refractivity contribution in [1.82, 2.24) is 25.1 Å². The van der Waals surface area contributed by atoms with E-state index in [1.165, 1.54) is 11.8 Å². The molecule has 0 aliphatic rings. The van der Waals surface area contributed by atoms with Gasteiger partial charge in [0.15, 0.2) is 10.8 Å². The molecular formula is C20H26N6OS. The first kappa shape index (κ1) is 20.1. The second kappa shape index (κ2) is 9.05. The number of nitrogens with zero attached hydrogens (tertiary/aromatic N) is 4. The van der Waals surface area contributed by atoms with Crippen LogP contribution in [-0.2, 0) is 6.54 Å².